The van der Waals surface area contributed by atoms with Gasteiger partial charge in [-0.1, -0.05) is 21.6 Å². The van der Waals surface area contributed by atoms with Gasteiger partial charge in [0, 0.05) is 0 Å². The Hall–Kier alpha value is 0.620. The first-order chi connectivity index (χ1) is 2.80. The van der Waals surface area contributed by atoms with Gasteiger partial charge in [0.15, 0.2) is 0 Å². The number of hydrogen-bond acceptors (Lipinski definition) is 4. The predicted molar refractivity (Wildman–Crippen MR) is 27.2 cm³/mol. The first kappa shape index (κ1) is 4.77. The van der Waals surface area contributed by atoms with Crippen molar-refractivity contribution in [3.05, 3.63) is 0 Å². The van der Waals surface area contributed by atoms with Gasteiger partial charge in [-0.2, -0.15) is 0 Å². The maximum absolute atomic E-state index is 8.41. The van der Waals surface area contributed by atoms with Crippen LogP contribution in [0.3, 0.4) is 0 Å². The fourth-order valence-electron chi connectivity index (χ4n) is 0.155. The van der Waals surface area contributed by atoms with E-state index in [0.717, 1.165) is 0 Å². The van der Waals surface area contributed by atoms with Gasteiger partial charge in [-0.3, -0.25) is 0 Å². The Morgan fingerprint density at radius 2 is 1.33 bits per heavy atom. The Morgan fingerprint density at radius 3 is 1.33 bits per heavy atom. The molecule has 36 valence electrons. The third kappa shape index (κ3) is 0.654. The molecule has 0 bridgehead atoms. The van der Waals surface area contributed by atoms with Gasteiger partial charge >= 0.3 is 0 Å². The maximum atomic E-state index is 8.41. The van der Waals surface area contributed by atoms with Gasteiger partial charge in [-0.15, -0.1) is 0 Å². The van der Waals surface area contributed by atoms with Gasteiger partial charge in [0.05, 0.1) is 0 Å². The zero-order valence-corrected chi connectivity index (χ0v) is 4.50. The van der Waals surface area contributed by atoms with Gasteiger partial charge in [0.25, 0.3) is 0 Å². The molecular weight excluding hydrogens is 120 g/mol. The second kappa shape index (κ2) is 1.61. The van der Waals surface area contributed by atoms with E-state index >= 15 is 0 Å². The molecule has 1 aliphatic heterocycles. The molecule has 1 fully saturated rings. The van der Waals surface area contributed by atoms with Crippen molar-refractivity contribution in [2.45, 2.75) is 10.9 Å². The molecule has 0 aromatic rings. The summed E-state index contributed by atoms with van der Waals surface area (Å²) >= 11 is 0. The molecule has 0 aromatic carbocycles. The first-order valence-corrected chi connectivity index (χ1v) is 3.76. The Morgan fingerprint density at radius 1 is 1.00 bits per heavy atom. The summed E-state index contributed by atoms with van der Waals surface area (Å²) in [5.41, 5.74) is -1.06. The average Bonchev–Trinajstić information content (AvgIpc) is 1.61. The molecule has 1 rings (SSSR count). The molecule has 6 heavy (non-hydrogen) atoms. The molecule has 0 amide bonds. The molecule has 4 heteroatoms. The fraction of sp³-hybridized carbons (Fsp3) is 1.00. The summed E-state index contributed by atoms with van der Waals surface area (Å²) in [6.45, 7) is 0. The van der Waals surface area contributed by atoms with Crippen molar-refractivity contribution in [3.8, 4) is 0 Å². The topological polar surface area (TPSA) is 40.5 Å². The van der Waals surface area contributed by atoms with Crippen LogP contribution in [-0.4, -0.2) is 21.1 Å². The van der Waals surface area contributed by atoms with Crippen LogP contribution >= 0.6 is 21.6 Å². The van der Waals surface area contributed by atoms with Crippen LogP contribution in [0.2, 0.25) is 0 Å². The van der Waals surface area contributed by atoms with E-state index in [1.165, 1.54) is 21.6 Å². The Bertz CT molecular complexity index is 49.5. The summed E-state index contributed by atoms with van der Waals surface area (Å²) in [4.78, 5) is 0. The zero-order valence-electron chi connectivity index (χ0n) is 2.87. The minimum Gasteiger partial charge on any atom is -0.378 e. The van der Waals surface area contributed by atoms with Crippen molar-refractivity contribution in [2.24, 2.45) is 0 Å². The quantitative estimate of drug-likeness (QED) is 0.447. The first-order valence-electron chi connectivity index (χ1n) is 1.49. The van der Waals surface area contributed by atoms with Gasteiger partial charge in [0.2, 0.25) is 0 Å². The summed E-state index contributed by atoms with van der Waals surface area (Å²) in [6, 6.07) is 0. The molecular formula is C2H4O2S2. The highest BCUT2D eigenvalue weighted by Gasteiger charge is 2.28. The van der Waals surface area contributed by atoms with Crippen molar-refractivity contribution in [2.75, 3.05) is 0 Å². The molecule has 0 aromatic heterocycles. The van der Waals surface area contributed by atoms with E-state index in [1.54, 1.807) is 0 Å². The number of rotatable bonds is 0. The van der Waals surface area contributed by atoms with E-state index in [9.17, 15) is 0 Å². The summed E-state index contributed by atoms with van der Waals surface area (Å²) in [6.07, 6.45) is 0. The minimum absolute atomic E-state index is 0.532. The second-order valence-corrected chi connectivity index (χ2v) is 3.48. The molecule has 1 aliphatic rings. The molecule has 0 spiro atoms. The van der Waals surface area contributed by atoms with Crippen molar-refractivity contribution in [1.29, 1.82) is 0 Å². The summed E-state index contributed by atoms with van der Waals surface area (Å²) in [7, 11) is 2.58. The number of hydrogen-bond donors (Lipinski definition) is 2. The molecule has 0 radical (unpaired) electrons. The SMILES string of the molecule is OC1SSC1O. The lowest BCUT2D eigenvalue weighted by Gasteiger charge is -2.24. The van der Waals surface area contributed by atoms with Gasteiger partial charge in [0.1, 0.15) is 10.9 Å². The normalized spacial score (nSPS) is 45.0. The van der Waals surface area contributed by atoms with Crippen molar-refractivity contribution < 1.29 is 10.2 Å². The molecule has 2 atom stereocenters. The number of aliphatic hydroxyl groups is 2. The summed E-state index contributed by atoms with van der Waals surface area (Å²) in [5, 5.41) is 16.8. The van der Waals surface area contributed by atoms with Crippen LogP contribution in [-0.2, 0) is 0 Å². The van der Waals surface area contributed by atoms with Crippen molar-refractivity contribution in [3.63, 3.8) is 0 Å². The molecule has 0 aliphatic carbocycles. The van der Waals surface area contributed by atoms with Crippen LogP contribution in [0, 0.1) is 0 Å². The van der Waals surface area contributed by atoms with Gasteiger partial charge < -0.3 is 10.2 Å². The highest BCUT2D eigenvalue weighted by atomic mass is 33.1. The second-order valence-electron chi connectivity index (χ2n) is 0.974. The lowest BCUT2D eigenvalue weighted by molar-refractivity contribution is 0.132. The van der Waals surface area contributed by atoms with E-state index in [-0.39, 0.29) is 0 Å². The van der Waals surface area contributed by atoms with Crippen LogP contribution < -0.4 is 0 Å². The third-order valence-corrected chi connectivity index (χ3v) is 3.21. The van der Waals surface area contributed by atoms with Crippen LogP contribution in [0.4, 0.5) is 0 Å². The lowest BCUT2D eigenvalue weighted by Crippen LogP contribution is -2.24. The standard InChI is InChI=1S/C2H4O2S2/c3-1-2(4)6-5-1/h1-4H. The van der Waals surface area contributed by atoms with Crippen LogP contribution in [0.1, 0.15) is 0 Å². The lowest BCUT2D eigenvalue weighted by atomic mass is 10.8. The van der Waals surface area contributed by atoms with Gasteiger partial charge in [-0.05, 0) is 0 Å². The number of aliphatic hydroxyl groups excluding tert-OH is 2. The monoisotopic (exact) mass is 124 g/mol. The molecule has 0 saturated carbocycles. The molecule has 2 nitrogen and oxygen atoms in total. The van der Waals surface area contributed by atoms with E-state index in [0.29, 0.717) is 0 Å². The Balaban J connectivity index is 2.20. The largest absolute Gasteiger partial charge is 0.378 e. The molecule has 2 unspecified atom stereocenters. The van der Waals surface area contributed by atoms with Gasteiger partial charge in [-0.25, -0.2) is 0 Å². The highest BCUT2D eigenvalue weighted by molar-refractivity contribution is 8.79. The van der Waals surface area contributed by atoms with E-state index < -0.39 is 10.9 Å². The van der Waals surface area contributed by atoms with E-state index in [4.69, 9.17) is 10.2 Å². The maximum Gasteiger partial charge on any atom is 0.145 e. The molecule has 2 N–H and O–H groups in total. The smallest absolute Gasteiger partial charge is 0.145 e. The molecule has 1 saturated heterocycles. The average molecular weight is 124 g/mol. The third-order valence-electron chi connectivity index (χ3n) is 0.497. The van der Waals surface area contributed by atoms with E-state index in [1.807, 2.05) is 0 Å². The zero-order chi connectivity index (χ0) is 4.57. The van der Waals surface area contributed by atoms with Crippen molar-refractivity contribution in [1.82, 2.24) is 0 Å². The predicted octanol–water partition coefficient (Wildman–Crippen LogP) is 0.0182. The van der Waals surface area contributed by atoms with E-state index in [2.05, 4.69) is 0 Å². The van der Waals surface area contributed by atoms with Crippen LogP contribution in [0.15, 0.2) is 0 Å². The summed E-state index contributed by atoms with van der Waals surface area (Å²) in [5.74, 6) is 0. The fourth-order valence-corrected chi connectivity index (χ4v) is 1.39. The minimum atomic E-state index is -0.532. The Labute approximate surface area is 43.3 Å². The summed E-state index contributed by atoms with van der Waals surface area (Å²) < 4.78 is 0. The highest BCUT2D eigenvalue weighted by Crippen LogP contribution is 2.44. The van der Waals surface area contributed by atoms with Crippen molar-refractivity contribution >= 4 is 21.6 Å². The van der Waals surface area contributed by atoms with Crippen LogP contribution in [0.5, 0.6) is 0 Å². The molecule has 1 heterocycles. The Kier molecular flexibility index (Phi) is 1.28. The van der Waals surface area contributed by atoms with Crippen LogP contribution in [0.25, 0.3) is 0 Å².